The molecule has 0 saturated heterocycles. The number of aromatic nitrogens is 1. The Balaban J connectivity index is 0.00000300. The zero-order chi connectivity index (χ0) is 20.3. The molecule has 0 aliphatic heterocycles. The summed E-state index contributed by atoms with van der Waals surface area (Å²) in [5.41, 5.74) is 2.51. The van der Waals surface area contributed by atoms with Gasteiger partial charge in [-0.3, -0.25) is 0 Å². The molecule has 0 bridgehead atoms. The minimum absolute atomic E-state index is 0. The van der Waals surface area contributed by atoms with Gasteiger partial charge in [0.1, 0.15) is 11.3 Å². The van der Waals surface area contributed by atoms with Gasteiger partial charge in [0.2, 0.25) is 5.89 Å². The van der Waals surface area contributed by atoms with Crippen LogP contribution in [0, 0.1) is 12.7 Å². The number of hydrogen-bond donors (Lipinski definition) is 2. The fourth-order valence-corrected chi connectivity index (χ4v) is 2.56. The Morgan fingerprint density at radius 2 is 2.03 bits per heavy atom. The van der Waals surface area contributed by atoms with Crippen LogP contribution in [-0.2, 0) is 9.53 Å². The molecule has 0 aliphatic carbocycles. The third-order valence-electron chi connectivity index (χ3n) is 3.93. The maximum Gasteiger partial charge on any atom is 1.00 e. The number of aliphatic carboxylic acids is 1. The van der Waals surface area contributed by atoms with Crippen LogP contribution in [0.3, 0.4) is 0 Å². The van der Waals surface area contributed by atoms with Crippen LogP contribution in [0.25, 0.3) is 22.6 Å². The molecule has 29 heavy (non-hydrogen) atoms. The van der Waals surface area contributed by atoms with E-state index in [4.69, 9.17) is 4.42 Å². The number of carboxylic acids is 1. The summed E-state index contributed by atoms with van der Waals surface area (Å²) in [5, 5.41) is 15.3. The second kappa shape index (κ2) is 10.3. The number of halogens is 1. The van der Waals surface area contributed by atoms with Gasteiger partial charge in [0, 0.05) is 12.7 Å². The standard InChI is InChI=1S/C19H18FN3O5.K/c1-10-3-6-16-14(7-10)21-17(28-16)11-4-5-13(12(20)8-11)22-19(26)23-15(9-27-2)18(24)25;/h3-8,15H,9H2,1-2H3,(H,24,25)(H2,22,23,26);/q;+1/p-1. The summed E-state index contributed by atoms with van der Waals surface area (Å²) in [6.45, 7) is 1.64. The molecule has 3 aromatic rings. The second-order valence-electron chi connectivity index (χ2n) is 6.11. The van der Waals surface area contributed by atoms with Crippen LogP contribution < -0.4 is 67.1 Å². The van der Waals surface area contributed by atoms with E-state index in [0.717, 1.165) is 5.56 Å². The first-order valence-corrected chi connectivity index (χ1v) is 8.32. The molecule has 0 saturated carbocycles. The quantitative estimate of drug-likeness (QED) is 0.481. The van der Waals surface area contributed by atoms with Gasteiger partial charge in [-0.1, -0.05) is 6.07 Å². The van der Waals surface area contributed by atoms with Crippen LogP contribution in [0.2, 0.25) is 0 Å². The number of nitrogens with one attached hydrogen (secondary N) is 2. The summed E-state index contributed by atoms with van der Waals surface area (Å²) in [6.07, 6.45) is 0. The molecular formula is C19H17FKN3O5. The number of rotatable bonds is 6. The molecule has 8 nitrogen and oxygen atoms in total. The number of anilines is 1. The third-order valence-corrected chi connectivity index (χ3v) is 3.93. The van der Waals surface area contributed by atoms with Gasteiger partial charge in [0.05, 0.1) is 24.3 Å². The van der Waals surface area contributed by atoms with Crippen LogP contribution >= 0.6 is 0 Å². The van der Waals surface area contributed by atoms with E-state index in [1.807, 2.05) is 19.1 Å². The van der Waals surface area contributed by atoms with Crippen molar-refractivity contribution < 1.29 is 79.6 Å². The minimum atomic E-state index is -1.51. The van der Waals surface area contributed by atoms with Crippen LogP contribution in [0.1, 0.15) is 5.56 Å². The Labute approximate surface area is 208 Å². The maximum absolute atomic E-state index is 14.4. The van der Waals surface area contributed by atoms with Gasteiger partial charge in [-0.25, -0.2) is 14.2 Å². The predicted molar refractivity (Wildman–Crippen MR) is 97.0 cm³/mol. The zero-order valence-electron chi connectivity index (χ0n) is 16.1. The van der Waals surface area contributed by atoms with Crippen molar-refractivity contribution in [2.75, 3.05) is 19.0 Å². The SMILES string of the molecule is COCC(NC(=O)Nc1ccc(-c2nc3cc(C)ccc3o2)cc1F)C(=O)[O-].[K+]. The van der Waals surface area contributed by atoms with Gasteiger partial charge in [-0.05, 0) is 42.8 Å². The van der Waals surface area contributed by atoms with E-state index < -0.39 is 23.9 Å². The molecule has 0 spiro atoms. The Bertz CT molecular complexity index is 1040. The molecule has 0 aliphatic rings. The number of fused-ring (bicyclic) bond motifs is 1. The average molecular weight is 425 g/mol. The zero-order valence-corrected chi connectivity index (χ0v) is 19.2. The molecular weight excluding hydrogens is 408 g/mol. The first-order valence-electron chi connectivity index (χ1n) is 8.32. The van der Waals surface area contributed by atoms with Crippen molar-refractivity contribution in [1.82, 2.24) is 10.3 Å². The average Bonchev–Trinajstić information content (AvgIpc) is 3.06. The summed E-state index contributed by atoms with van der Waals surface area (Å²) in [5.74, 6) is -2.01. The number of carboxylic acid groups (broad SMARTS) is 1. The number of carbonyl (C=O) groups excluding carboxylic acids is 2. The topological polar surface area (TPSA) is 117 Å². The molecule has 2 amide bonds. The van der Waals surface area contributed by atoms with Crippen molar-refractivity contribution in [1.29, 1.82) is 0 Å². The van der Waals surface area contributed by atoms with Crippen LogP contribution in [0.5, 0.6) is 0 Å². The Morgan fingerprint density at radius 1 is 1.28 bits per heavy atom. The fraction of sp³-hybridized carbons (Fsp3) is 0.211. The fourth-order valence-electron chi connectivity index (χ4n) is 2.56. The number of benzene rings is 2. The molecule has 10 heteroatoms. The van der Waals surface area contributed by atoms with Gasteiger partial charge in [0.25, 0.3) is 0 Å². The van der Waals surface area contributed by atoms with Crippen molar-refractivity contribution in [3.05, 3.63) is 47.8 Å². The smallest absolute Gasteiger partial charge is 0.548 e. The molecule has 2 N–H and O–H groups in total. The minimum Gasteiger partial charge on any atom is -0.548 e. The molecule has 1 heterocycles. The van der Waals surface area contributed by atoms with Crippen LogP contribution in [-0.4, -0.2) is 36.7 Å². The number of amides is 2. The van der Waals surface area contributed by atoms with Crippen LogP contribution in [0.15, 0.2) is 40.8 Å². The molecule has 0 fully saturated rings. The van der Waals surface area contributed by atoms with E-state index in [-0.39, 0.29) is 69.6 Å². The third kappa shape index (κ3) is 5.84. The van der Waals surface area contributed by atoms with Crippen molar-refractivity contribution in [2.24, 2.45) is 0 Å². The maximum atomic E-state index is 14.4. The van der Waals surface area contributed by atoms with Crippen LogP contribution in [0.4, 0.5) is 14.9 Å². The number of methoxy groups -OCH3 is 1. The summed E-state index contributed by atoms with van der Waals surface area (Å²) in [6, 6.07) is 7.27. The first-order chi connectivity index (χ1) is 13.4. The normalized spacial score (nSPS) is 11.6. The summed E-state index contributed by atoms with van der Waals surface area (Å²) in [4.78, 5) is 27.1. The first kappa shape index (κ1) is 23.5. The van der Waals surface area contributed by atoms with Crippen molar-refractivity contribution >= 4 is 28.8 Å². The van der Waals surface area contributed by atoms with E-state index in [0.29, 0.717) is 16.7 Å². The number of ether oxygens (including phenoxy) is 1. The van der Waals surface area contributed by atoms with Gasteiger partial charge in [0.15, 0.2) is 5.58 Å². The van der Waals surface area contributed by atoms with Gasteiger partial charge < -0.3 is 29.7 Å². The largest absolute Gasteiger partial charge is 1.00 e. The Hall–Kier alpha value is -1.82. The summed E-state index contributed by atoms with van der Waals surface area (Å²) >= 11 is 0. The van der Waals surface area contributed by atoms with E-state index in [1.54, 1.807) is 6.07 Å². The van der Waals surface area contributed by atoms with Crippen molar-refractivity contribution in [2.45, 2.75) is 13.0 Å². The number of carbonyl (C=O) groups is 2. The molecule has 1 unspecified atom stereocenters. The second-order valence-corrected chi connectivity index (χ2v) is 6.11. The molecule has 1 atom stereocenters. The van der Waals surface area contributed by atoms with Gasteiger partial charge in [-0.15, -0.1) is 0 Å². The number of oxazole rings is 1. The number of aryl methyl sites for hydroxylation is 1. The predicted octanol–water partition coefficient (Wildman–Crippen LogP) is -1.17. The Morgan fingerprint density at radius 3 is 2.69 bits per heavy atom. The molecule has 0 radical (unpaired) electrons. The molecule has 1 aromatic heterocycles. The summed E-state index contributed by atoms with van der Waals surface area (Å²) < 4.78 is 24.7. The van der Waals surface area contributed by atoms with Crippen molar-refractivity contribution in [3.8, 4) is 11.5 Å². The number of hydrogen-bond acceptors (Lipinski definition) is 6. The molecule has 146 valence electrons. The number of urea groups is 1. The number of nitrogens with zero attached hydrogens (tertiary/aromatic N) is 1. The van der Waals surface area contributed by atoms with Gasteiger partial charge in [-0.2, -0.15) is 0 Å². The van der Waals surface area contributed by atoms with Crippen molar-refractivity contribution in [3.63, 3.8) is 0 Å². The van der Waals surface area contributed by atoms with Gasteiger partial charge >= 0.3 is 57.4 Å². The van der Waals surface area contributed by atoms with E-state index in [9.17, 15) is 19.1 Å². The van der Waals surface area contributed by atoms with E-state index >= 15 is 0 Å². The molecule has 2 aromatic carbocycles. The molecule has 3 rings (SSSR count). The van der Waals surface area contributed by atoms with E-state index in [2.05, 4.69) is 20.4 Å². The summed E-state index contributed by atoms with van der Waals surface area (Å²) in [7, 11) is 1.28. The van der Waals surface area contributed by atoms with E-state index in [1.165, 1.54) is 25.3 Å². The Kier molecular flexibility index (Phi) is 8.31. The monoisotopic (exact) mass is 425 g/mol.